The molecule has 0 atom stereocenters. The van der Waals surface area contributed by atoms with Gasteiger partial charge in [-0.05, 0) is 81.1 Å². The Morgan fingerprint density at radius 3 is 2.27 bits per heavy atom. The highest BCUT2D eigenvalue weighted by Gasteiger charge is 2.16. The number of benzene rings is 2. The van der Waals surface area contributed by atoms with Gasteiger partial charge in [0.05, 0.1) is 0 Å². The molecule has 1 aliphatic rings. The van der Waals surface area contributed by atoms with Gasteiger partial charge in [0.15, 0.2) is 0 Å². The molecule has 1 fully saturated rings. The quantitative estimate of drug-likeness (QED) is 0.630. The maximum Gasteiger partial charge on any atom is 0.255 e. The SMILES string of the molecule is Cc1cc(Nc2ccc(NC(=O)c3ccc(C)c(C)c3)cc2)nc(N2CCCC2)n1. The molecule has 1 aliphatic heterocycles. The minimum Gasteiger partial charge on any atom is -0.341 e. The fourth-order valence-corrected chi connectivity index (χ4v) is 3.55. The number of aryl methyl sites for hydroxylation is 3. The van der Waals surface area contributed by atoms with E-state index in [1.807, 2.05) is 69.3 Å². The van der Waals surface area contributed by atoms with Crippen LogP contribution in [-0.4, -0.2) is 29.0 Å². The maximum atomic E-state index is 12.5. The van der Waals surface area contributed by atoms with Crippen LogP contribution in [0.15, 0.2) is 48.5 Å². The van der Waals surface area contributed by atoms with Crippen molar-refractivity contribution >= 4 is 29.0 Å². The van der Waals surface area contributed by atoms with Crippen molar-refractivity contribution in [3.05, 3.63) is 70.9 Å². The zero-order valence-electron chi connectivity index (χ0n) is 17.7. The van der Waals surface area contributed by atoms with Gasteiger partial charge in [-0.2, -0.15) is 4.98 Å². The number of nitrogens with one attached hydrogen (secondary N) is 2. The number of hydrogen-bond acceptors (Lipinski definition) is 5. The Labute approximate surface area is 177 Å². The Morgan fingerprint density at radius 2 is 1.57 bits per heavy atom. The van der Waals surface area contributed by atoms with Crippen molar-refractivity contribution in [1.29, 1.82) is 0 Å². The second kappa shape index (κ2) is 8.53. The number of nitrogens with zero attached hydrogens (tertiary/aromatic N) is 3. The summed E-state index contributed by atoms with van der Waals surface area (Å²) in [6.45, 7) is 8.06. The monoisotopic (exact) mass is 401 g/mol. The van der Waals surface area contributed by atoms with E-state index in [0.717, 1.165) is 47.5 Å². The largest absolute Gasteiger partial charge is 0.341 e. The molecule has 3 aromatic rings. The standard InChI is InChI=1S/C24H27N5O/c1-16-6-7-19(14-17(16)2)23(30)27-21-10-8-20(9-11-21)26-22-15-18(3)25-24(28-22)29-12-4-5-13-29/h6-11,14-15H,4-5,12-13H2,1-3H3,(H,27,30)(H,25,26,28). The lowest BCUT2D eigenvalue weighted by Crippen LogP contribution is -2.21. The summed E-state index contributed by atoms with van der Waals surface area (Å²) in [4.78, 5) is 24.0. The predicted molar refractivity (Wildman–Crippen MR) is 122 cm³/mol. The molecule has 154 valence electrons. The Morgan fingerprint density at radius 1 is 0.867 bits per heavy atom. The molecule has 1 aromatic heterocycles. The first-order valence-electron chi connectivity index (χ1n) is 10.3. The van der Waals surface area contributed by atoms with Crippen LogP contribution in [0.2, 0.25) is 0 Å². The molecule has 4 rings (SSSR count). The molecular weight excluding hydrogens is 374 g/mol. The first-order chi connectivity index (χ1) is 14.5. The van der Waals surface area contributed by atoms with Crippen molar-refractivity contribution in [1.82, 2.24) is 9.97 Å². The molecule has 30 heavy (non-hydrogen) atoms. The van der Waals surface area contributed by atoms with Gasteiger partial charge in [0.2, 0.25) is 5.95 Å². The summed E-state index contributed by atoms with van der Waals surface area (Å²) in [6, 6.07) is 15.3. The first kappa shape index (κ1) is 19.9. The second-order valence-corrected chi connectivity index (χ2v) is 7.84. The minimum absolute atomic E-state index is 0.111. The molecule has 0 saturated carbocycles. The van der Waals surface area contributed by atoms with Gasteiger partial charge in [-0.1, -0.05) is 6.07 Å². The van der Waals surface area contributed by atoms with Crippen LogP contribution in [-0.2, 0) is 0 Å². The summed E-state index contributed by atoms with van der Waals surface area (Å²) in [5, 5.41) is 6.30. The van der Waals surface area contributed by atoms with E-state index >= 15 is 0 Å². The minimum atomic E-state index is -0.111. The maximum absolute atomic E-state index is 12.5. The zero-order chi connectivity index (χ0) is 21.1. The van der Waals surface area contributed by atoms with Crippen molar-refractivity contribution in [2.75, 3.05) is 28.6 Å². The fourth-order valence-electron chi connectivity index (χ4n) is 3.55. The fraction of sp³-hybridized carbons (Fsp3) is 0.292. The average molecular weight is 402 g/mol. The Balaban J connectivity index is 1.43. The molecule has 0 unspecified atom stereocenters. The first-order valence-corrected chi connectivity index (χ1v) is 10.3. The molecular formula is C24H27N5O. The highest BCUT2D eigenvalue weighted by Crippen LogP contribution is 2.22. The number of amides is 1. The highest BCUT2D eigenvalue weighted by atomic mass is 16.1. The summed E-state index contributed by atoms with van der Waals surface area (Å²) in [6.07, 6.45) is 2.38. The third-order valence-electron chi connectivity index (χ3n) is 5.42. The van der Waals surface area contributed by atoms with Crippen molar-refractivity contribution in [3.8, 4) is 0 Å². The molecule has 6 heteroatoms. The summed E-state index contributed by atoms with van der Waals surface area (Å²) >= 11 is 0. The Hall–Kier alpha value is -3.41. The lowest BCUT2D eigenvalue weighted by atomic mass is 10.1. The van der Waals surface area contributed by atoms with Crippen LogP contribution in [0.3, 0.4) is 0 Å². The topological polar surface area (TPSA) is 70.2 Å². The van der Waals surface area contributed by atoms with E-state index in [4.69, 9.17) is 0 Å². The number of aromatic nitrogens is 2. The van der Waals surface area contributed by atoms with Gasteiger partial charge in [-0.15, -0.1) is 0 Å². The van der Waals surface area contributed by atoms with E-state index in [1.54, 1.807) is 0 Å². The summed E-state index contributed by atoms with van der Waals surface area (Å²) in [7, 11) is 0. The van der Waals surface area contributed by atoms with E-state index in [-0.39, 0.29) is 5.91 Å². The molecule has 0 aliphatic carbocycles. The molecule has 0 radical (unpaired) electrons. The van der Waals surface area contributed by atoms with E-state index in [0.29, 0.717) is 5.56 Å². The third kappa shape index (κ3) is 4.59. The predicted octanol–water partition coefficient (Wildman–Crippen LogP) is 5.00. The van der Waals surface area contributed by atoms with Gasteiger partial charge in [0, 0.05) is 41.8 Å². The number of anilines is 4. The van der Waals surface area contributed by atoms with Gasteiger partial charge >= 0.3 is 0 Å². The summed E-state index contributed by atoms with van der Waals surface area (Å²) in [5.74, 6) is 1.45. The van der Waals surface area contributed by atoms with Gasteiger partial charge in [-0.25, -0.2) is 4.98 Å². The van der Waals surface area contributed by atoms with E-state index in [2.05, 4.69) is 25.5 Å². The van der Waals surface area contributed by atoms with Crippen LogP contribution in [0, 0.1) is 20.8 Å². The van der Waals surface area contributed by atoms with Gasteiger partial charge in [-0.3, -0.25) is 4.79 Å². The van der Waals surface area contributed by atoms with Crippen molar-refractivity contribution < 1.29 is 4.79 Å². The molecule has 0 spiro atoms. The number of carbonyl (C=O) groups excluding carboxylic acids is 1. The molecule has 1 saturated heterocycles. The lowest BCUT2D eigenvalue weighted by molar-refractivity contribution is 0.102. The van der Waals surface area contributed by atoms with Crippen LogP contribution < -0.4 is 15.5 Å². The zero-order valence-corrected chi connectivity index (χ0v) is 17.7. The van der Waals surface area contributed by atoms with Gasteiger partial charge in [0.1, 0.15) is 5.82 Å². The molecule has 2 aromatic carbocycles. The Bertz CT molecular complexity index is 1060. The number of hydrogen-bond donors (Lipinski definition) is 2. The van der Waals surface area contributed by atoms with Crippen LogP contribution >= 0.6 is 0 Å². The van der Waals surface area contributed by atoms with Crippen molar-refractivity contribution in [3.63, 3.8) is 0 Å². The van der Waals surface area contributed by atoms with Crippen LogP contribution in [0.5, 0.6) is 0 Å². The van der Waals surface area contributed by atoms with E-state index < -0.39 is 0 Å². The van der Waals surface area contributed by atoms with Gasteiger partial charge < -0.3 is 15.5 Å². The van der Waals surface area contributed by atoms with Crippen molar-refractivity contribution in [2.24, 2.45) is 0 Å². The average Bonchev–Trinajstić information content (AvgIpc) is 3.26. The van der Waals surface area contributed by atoms with Crippen LogP contribution in [0.25, 0.3) is 0 Å². The number of carbonyl (C=O) groups is 1. The molecule has 1 amide bonds. The smallest absolute Gasteiger partial charge is 0.255 e. The Kier molecular flexibility index (Phi) is 5.65. The molecule has 0 bridgehead atoms. The third-order valence-corrected chi connectivity index (χ3v) is 5.42. The molecule has 2 N–H and O–H groups in total. The summed E-state index contributed by atoms with van der Waals surface area (Å²) < 4.78 is 0. The number of rotatable bonds is 5. The highest BCUT2D eigenvalue weighted by molar-refractivity contribution is 6.04. The van der Waals surface area contributed by atoms with E-state index in [1.165, 1.54) is 18.4 Å². The summed E-state index contributed by atoms with van der Waals surface area (Å²) in [5.41, 5.74) is 5.54. The van der Waals surface area contributed by atoms with Gasteiger partial charge in [0.25, 0.3) is 5.91 Å². The van der Waals surface area contributed by atoms with Crippen LogP contribution in [0.1, 0.15) is 40.0 Å². The van der Waals surface area contributed by atoms with E-state index in [9.17, 15) is 4.79 Å². The van der Waals surface area contributed by atoms with Crippen molar-refractivity contribution in [2.45, 2.75) is 33.6 Å². The molecule has 2 heterocycles. The normalized spacial score (nSPS) is 13.4. The van der Waals surface area contributed by atoms with Crippen LogP contribution in [0.4, 0.5) is 23.1 Å². The lowest BCUT2D eigenvalue weighted by Gasteiger charge is -2.17. The second-order valence-electron chi connectivity index (χ2n) is 7.84. The molecule has 6 nitrogen and oxygen atoms in total.